The van der Waals surface area contributed by atoms with Crippen LogP contribution in [0.2, 0.25) is 0 Å². The molecule has 5 heteroatoms. The summed E-state index contributed by atoms with van der Waals surface area (Å²) in [5, 5.41) is 10.9. The Morgan fingerprint density at radius 1 is 1.47 bits per heavy atom. The van der Waals surface area contributed by atoms with Crippen LogP contribution < -0.4 is 0 Å². The molecular weight excluding hydrogens is 324 g/mol. The van der Waals surface area contributed by atoms with Gasteiger partial charge in [0.1, 0.15) is 0 Å². The number of halogens is 1. The molecule has 1 aromatic heterocycles. The third kappa shape index (κ3) is 3.43. The lowest BCUT2D eigenvalue weighted by atomic mass is 10.1. The third-order valence-corrected chi connectivity index (χ3v) is 4.18. The predicted molar refractivity (Wildman–Crippen MR) is 79.0 cm³/mol. The van der Waals surface area contributed by atoms with Crippen molar-refractivity contribution >= 4 is 33.2 Å². The maximum absolute atomic E-state index is 12.2. The number of amides is 1. The zero-order chi connectivity index (χ0) is 13.8. The van der Waals surface area contributed by atoms with Gasteiger partial charge in [0.25, 0.3) is 5.91 Å². The van der Waals surface area contributed by atoms with Crippen LogP contribution in [0.25, 0.3) is 0 Å². The maximum Gasteiger partial charge on any atom is 0.253 e. The number of hydrogen-bond donors (Lipinski definition) is 0. The van der Waals surface area contributed by atoms with Crippen molar-refractivity contribution in [2.75, 3.05) is 7.05 Å². The average molecular weight is 335 g/mol. The minimum atomic E-state index is -0.0839. The molecule has 0 atom stereocenters. The molecule has 0 aliphatic rings. The molecule has 0 saturated heterocycles. The van der Waals surface area contributed by atoms with Crippen molar-refractivity contribution in [1.82, 2.24) is 4.90 Å². The average Bonchev–Trinajstić information content (AvgIpc) is 2.83. The molecule has 0 N–H and O–H groups in total. The van der Waals surface area contributed by atoms with E-state index in [4.69, 9.17) is 5.26 Å². The Bertz CT molecular complexity index is 645. The highest BCUT2D eigenvalue weighted by Crippen LogP contribution is 2.22. The van der Waals surface area contributed by atoms with Crippen LogP contribution in [-0.2, 0) is 6.54 Å². The van der Waals surface area contributed by atoms with Gasteiger partial charge in [0.05, 0.1) is 15.4 Å². The Morgan fingerprint density at radius 2 is 2.26 bits per heavy atom. The number of carbonyl (C=O) groups excluding carboxylic acids is 1. The minimum Gasteiger partial charge on any atom is -0.337 e. The van der Waals surface area contributed by atoms with Gasteiger partial charge in [0.2, 0.25) is 0 Å². The Labute approximate surface area is 124 Å². The van der Waals surface area contributed by atoms with Crippen molar-refractivity contribution in [3.63, 3.8) is 0 Å². The number of rotatable bonds is 3. The molecule has 1 heterocycles. The van der Waals surface area contributed by atoms with Crippen molar-refractivity contribution in [3.05, 3.63) is 56.2 Å². The summed E-state index contributed by atoms with van der Waals surface area (Å²) in [5.41, 5.74) is 2.12. The van der Waals surface area contributed by atoms with E-state index in [1.165, 1.54) is 0 Å². The van der Waals surface area contributed by atoms with Crippen molar-refractivity contribution in [2.24, 2.45) is 0 Å². The van der Waals surface area contributed by atoms with E-state index in [1.54, 1.807) is 47.5 Å². The van der Waals surface area contributed by atoms with Crippen LogP contribution in [0, 0.1) is 11.3 Å². The Hall–Kier alpha value is -1.64. The largest absolute Gasteiger partial charge is 0.337 e. The molecule has 0 unspecified atom stereocenters. The number of benzene rings is 1. The molecular formula is C14H11BrN2OS. The first-order valence-corrected chi connectivity index (χ1v) is 7.26. The summed E-state index contributed by atoms with van der Waals surface area (Å²) in [6.07, 6.45) is 0. The first-order chi connectivity index (χ1) is 9.10. The van der Waals surface area contributed by atoms with E-state index < -0.39 is 0 Å². The smallest absolute Gasteiger partial charge is 0.253 e. The van der Waals surface area contributed by atoms with Crippen molar-refractivity contribution in [2.45, 2.75) is 6.54 Å². The Balaban J connectivity index is 2.12. The molecule has 0 spiro atoms. The van der Waals surface area contributed by atoms with Gasteiger partial charge in [-0.1, -0.05) is 6.07 Å². The monoisotopic (exact) mass is 334 g/mol. The molecule has 0 radical (unpaired) electrons. The Kier molecular flexibility index (Phi) is 4.35. The summed E-state index contributed by atoms with van der Waals surface area (Å²) >= 11 is 5.00. The van der Waals surface area contributed by atoms with E-state index in [1.807, 2.05) is 17.5 Å². The van der Waals surface area contributed by atoms with E-state index >= 15 is 0 Å². The Morgan fingerprint density at radius 3 is 2.89 bits per heavy atom. The third-order valence-electron chi connectivity index (χ3n) is 2.63. The predicted octanol–water partition coefficient (Wildman–Crippen LogP) is 3.65. The second-order valence-corrected chi connectivity index (χ2v) is 6.40. The molecule has 0 aliphatic heterocycles. The van der Waals surface area contributed by atoms with E-state index in [9.17, 15) is 4.79 Å². The van der Waals surface area contributed by atoms with Crippen LogP contribution in [0.15, 0.2) is 39.5 Å². The summed E-state index contributed by atoms with van der Waals surface area (Å²) in [5.74, 6) is -0.0839. The number of thiophene rings is 1. The topological polar surface area (TPSA) is 44.1 Å². The second-order valence-electron chi connectivity index (χ2n) is 4.11. The van der Waals surface area contributed by atoms with Gasteiger partial charge in [-0.2, -0.15) is 5.26 Å². The van der Waals surface area contributed by atoms with Crippen molar-refractivity contribution in [1.29, 1.82) is 5.26 Å². The minimum absolute atomic E-state index is 0.0839. The van der Waals surface area contributed by atoms with Gasteiger partial charge in [-0.05, 0) is 51.1 Å². The molecule has 1 amide bonds. The van der Waals surface area contributed by atoms with Crippen LogP contribution in [-0.4, -0.2) is 17.9 Å². The lowest BCUT2D eigenvalue weighted by Crippen LogP contribution is -2.26. The van der Waals surface area contributed by atoms with Crippen molar-refractivity contribution < 1.29 is 4.79 Å². The fourth-order valence-corrected chi connectivity index (χ4v) is 2.92. The van der Waals surface area contributed by atoms with Crippen LogP contribution in [0.3, 0.4) is 0 Å². The number of nitrogens with zero attached hydrogens (tertiary/aromatic N) is 2. The highest BCUT2D eigenvalue weighted by molar-refractivity contribution is 9.11. The molecule has 3 nitrogen and oxygen atoms in total. The van der Waals surface area contributed by atoms with Gasteiger partial charge < -0.3 is 4.90 Å². The van der Waals surface area contributed by atoms with Gasteiger partial charge in [0, 0.05) is 19.2 Å². The first-order valence-electron chi connectivity index (χ1n) is 5.58. The fraction of sp³-hybridized carbons (Fsp3) is 0.143. The fourth-order valence-electron chi connectivity index (χ4n) is 1.72. The lowest BCUT2D eigenvalue weighted by Gasteiger charge is -2.16. The number of hydrogen-bond acceptors (Lipinski definition) is 3. The van der Waals surface area contributed by atoms with Gasteiger partial charge in [-0.3, -0.25) is 4.79 Å². The van der Waals surface area contributed by atoms with E-state index in [0.29, 0.717) is 17.7 Å². The zero-order valence-electron chi connectivity index (χ0n) is 10.3. The van der Waals surface area contributed by atoms with Gasteiger partial charge in [-0.15, -0.1) is 11.3 Å². The van der Waals surface area contributed by atoms with Crippen LogP contribution in [0.4, 0.5) is 0 Å². The van der Waals surface area contributed by atoms with Crippen LogP contribution in [0.5, 0.6) is 0 Å². The SMILES string of the molecule is CN(Cc1csc(Br)c1)C(=O)c1cccc(C#N)c1. The summed E-state index contributed by atoms with van der Waals surface area (Å²) < 4.78 is 1.05. The van der Waals surface area contributed by atoms with Crippen LogP contribution >= 0.6 is 27.3 Å². The van der Waals surface area contributed by atoms with E-state index in [-0.39, 0.29) is 5.91 Å². The first kappa shape index (κ1) is 13.8. The molecule has 0 saturated carbocycles. The van der Waals surface area contributed by atoms with Gasteiger partial charge in [-0.25, -0.2) is 0 Å². The van der Waals surface area contributed by atoms with E-state index in [0.717, 1.165) is 9.35 Å². The normalized spacial score (nSPS) is 9.95. The molecule has 1 aromatic carbocycles. The molecule has 96 valence electrons. The van der Waals surface area contributed by atoms with Crippen LogP contribution in [0.1, 0.15) is 21.5 Å². The molecule has 2 rings (SSSR count). The highest BCUT2D eigenvalue weighted by Gasteiger charge is 2.13. The summed E-state index contributed by atoms with van der Waals surface area (Å²) in [6, 6.07) is 10.8. The summed E-state index contributed by atoms with van der Waals surface area (Å²) in [4.78, 5) is 13.9. The summed E-state index contributed by atoms with van der Waals surface area (Å²) in [7, 11) is 1.76. The zero-order valence-corrected chi connectivity index (χ0v) is 12.7. The molecule has 2 aromatic rings. The molecule has 0 bridgehead atoms. The quantitative estimate of drug-likeness (QED) is 0.859. The van der Waals surface area contributed by atoms with E-state index in [2.05, 4.69) is 15.9 Å². The number of nitriles is 1. The van der Waals surface area contributed by atoms with Crippen molar-refractivity contribution in [3.8, 4) is 6.07 Å². The lowest BCUT2D eigenvalue weighted by molar-refractivity contribution is 0.0785. The second kappa shape index (κ2) is 6.00. The molecule has 19 heavy (non-hydrogen) atoms. The van der Waals surface area contributed by atoms with Gasteiger partial charge >= 0.3 is 0 Å². The molecule has 0 fully saturated rings. The highest BCUT2D eigenvalue weighted by atomic mass is 79.9. The maximum atomic E-state index is 12.2. The number of carbonyl (C=O) groups is 1. The van der Waals surface area contributed by atoms with Gasteiger partial charge in [0.15, 0.2) is 0 Å². The molecule has 0 aliphatic carbocycles. The standard InChI is InChI=1S/C14H11BrN2OS/c1-17(8-11-6-13(15)19-9-11)14(18)12-4-2-3-10(5-12)7-16/h2-6,9H,8H2,1H3. The summed E-state index contributed by atoms with van der Waals surface area (Å²) in [6.45, 7) is 0.553.